The van der Waals surface area contributed by atoms with Gasteiger partial charge in [-0.05, 0) is 25.0 Å². The summed E-state index contributed by atoms with van der Waals surface area (Å²) in [7, 11) is 0. The first kappa shape index (κ1) is 21.4. The fourth-order valence-electron chi connectivity index (χ4n) is 3.33. The highest BCUT2D eigenvalue weighted by molar-refractivity contribution is 7.11. The van der Waals surface area contributed by atoms with Gasteiger partial charge in [-0.3, -0.25) is 20.0 Å². The number of nitrogens with one attached hydrogen (secondary N) is 2. The molecule has 1 saturated heterocycles. The van der Waals surface area contributed by atoms with Gasteiger partial charge < -0.3 is 14.8 Å². The van der Waals surface area contributed by atoms with Crippen LogP contribution in [0.3, 0.4) is 0 Å². The number of aromatic nitrogens is 1. The van der Waals surface area contributed by atoms with Crippen molar-refractivity contribution in [2.45, 2.75) is 31.6 Å². The minimum atomic E-state index is -3.05. The lowest BCUT2D eigenvalue weighted by Crippen LogP contribution is -2.65. The highest BCUT2D eigenvalue weighted by atomic mass is 32.1. The maximum Gasteiger partial charge on any atom is 0.387 e. The summed E-state index contributed by atoms with van der Waals surface area (Å²) < 4.78 is 48.3. The number of hydrazine groups is 1. The average molecular weight is 456 g/mol. The third kappa shape index (κ3) is 5.25. The number of amides is 2. The number of nitrogens with zero attached hydrogens (tertiary/aromatic N) is 2. The molecule has 12 heteroatoms. The molecule has 1 aromatic heterocycles. The van der Waals surface area contributed by atoms with Gasteiger partial charge in [0, 0.05) is 25.1 Å². The van der Waals surface area contributed by atoms with Crippen LogP contribution in [0.1, 0.15) is 22.5 Å². The van der Waals surface area contributed by atoms with E-state index in [0.717, 1.165) is 18.2 Å². The van der Waals surface area contributed by atoms with Crippen LogP contribution in [0.4, 0.5) is 13.2 Å². The molecule has 2 aliphatic rings. The maximum atomic E-state index is 13.4. The summed E-state index contributed by atoms with van der Waals surface area (Å²) in [6.45, 7) is -2.08. The lowest BCUT2D eigenvalue weighted by molar-refractivity contribution is -0.132. The highest BCUT2D eigenvalue weighted by Crippen LogP contribution is 2.36. The van der Waals surface area contributed by atoms with Crippen molar-refractivity contribution in [3.63, 3.8) is 0 Å². The monoisotopic (exact) mass is 456 g/mol. The number of ether oxygens (including phenoxy) is 2. The first-order valence-corrected chi connectivity index (χ1v) is 10.4. The standard InChI is InChI=1S/C19H19F3N4O4S/c20-11-1-2-14(30-19(21)22)15(5-11)29-13-3-10(4-13)17(27)24-12-7-26(8-12)25-18(28)16-6-23-9-31-16/h1-2,5-6,9-10,12-13,19H,3-4,7-8H2,(H,24,27)(H,25,28). The van der Waals surface area contributed by atoms with E-state index in [1.165, 1.54) is 17.5 Å². The van der Waals surface area contributed by atoms with Crippen molar-refractivity contribution in [1.82, 2.24) is 20.7 Å². The van der Waals surface area contributed by atoms with Crippen LogP contribution in [0.5, 0.6) is 11.5 Å². The fourth-order valence-corrected chi connectivity index (χ4v) is 3.84. The SMILES string of the molecule is O=C(NN1CC(NC(=O)C2CC(Oc3cc(F)ccc3OC(F)F)C2)C1)c1cncs1. The molecule has 0 unspecified atom stereocenters. The van der Waals surface area contributed by atoms with E-state index in [-0.39, 0.29) is 35.3 Å². The van der Waals surface area contributed by atoms with Crippen LogP contribution in [0.25, 0.3) is 0 Å². The minimum absolute atomic E-state index is 0.0801. The number of benzene rings is 1. The molecule has 1 saturated carbocycles. The molecule has 1 aliphatic carbocycles. The van der Waals surface area contributed by atoms with E-state index in [0.29, 0.717) is 30.8 Å². The van der Waals surface area contributed by atoms with Crippen molar-refractivity contribution >= 4 is 23.2 Å². The third-order valence-corrected chi connectivity index (χ3v) is 5.80. The summed E-state index contributed by atoms with van der Waals surface area (Å²) in [5.74, 6) is -1.66. The smallest absolute Gasteiger partial charge is 0.387 e. The minimum Gasteiger partial charge on any atom is -0.486 e. The maximum absolute atomic E-state index is 13.4. The van der Waals surface area contributed by atoms with Crippen molar-refractivity contribution in [2.24, 2.45) is 5.92 Å². The second-order valence-corrected chi connectivity index (χ2v) is 8.18. The molecule has 4 rings (SSSR count). The Morgan fingerprint density at radius 2 is 2.00 bits per heavy atom. The van der Waals surface area contributed by atoms with Gasteiger partial charge in [0.25, 0.3) is 5.91 Å². The van der Waals surface area contributed by atoms with Gasteiger partial charge in [-0.2, -0.15) is 8.78 Å². The molecular formula is C19H19F3N4O4S. The molecule has 0 spiro atoms. The van der Waals surface area contributed by atoms with Gasteiger partial charge in [-0.15, -0.1) is 11.3 Å². The summed E-state index contributed by atoms with van der Waals surface area (Å²) in [5.41, 5.74) is 4.31. The lowest BCUT2D eigenvalue weighted by atomic mass is 9.81. The van der Waals surface area contributed by atoms with Gasteiger partial charge in [-0.1, -0.05) is 0 Å². The summed E-state index contributed by atoms with van der Waals surface area (Å²) in [6, 6.07) is 2.98. The van der Waals surface area contributed by atoms with Crippen LogP contribution in [0.15, 0.2) is 29.9 Å². The van der Waals surface area contributed by atoms with Gasteiger partial charge in [-0.25, -0.2) is 9.40 Å². The van der Waals surface area contributed by atoms with Gasteiger partial charge in [0.2, 0.25) is 5.91 Å². The van der Waals surface area contributed by atoms with E-state index in [1.54, 1.807) is 10.5 Å². The second kappa shape index (κ2) is 9.10. The molecule has 2 fully saturated rings. The molecule has 2 heterocycles. The zero-order valence-electron chi connectivity index (χ0n) is 16.1. The molecule has 1 aliphatic heterocycles. The predicted molar refractivity (Wildman–Crippen MR) is 103 cm³/mol. The molecule has 0 radical (unpaired) electrons. The van der Waals surface area contributed by atoms with E-state index in [1.807, 2.05) is 0 Å². The number of halogens is 3. The number of alkyl halides is 2. The first-order chi connectivity index (χ1) is 14.9. The molecule has 1 aromatic carbocycles. The van der Waals surface area contributed by atoms with Crippen LogP contribution in [0.2, 0.25) is 0 Å². The lowest BCUT2D eigenvalue weighted by Gasteiger charge is -2.41. The van der Waals surface area contributed by atoms with Gasteiger partial charge in [0.05, 0.1) is 17.7 Å². The number of thiazole rings is 1. The number of rotatable bonds is 8. The Kier molecular flexibility index (Phi) is 6.28. The normalized spacial score (nSPS) is 21.2. The summed E-state index contributed by atoms with van der Waals surface area (Å²) in [4.78, 5) is 28.6. The molecule has 8 nitrogen and oxygen atoms in total. The fraction of sp³-hybridized carbons (Fsp3) is 0.421. The number of carbonyl (C=O) groups excluding carboxylic acids is 2. The van der Waals surface area contributed by atoms with Crippen molar-refractivity contribution in [2.75, 3.05) is 13.1 Å². The van der Waals surface area contributed by atoms with Gasteiger partial charge in [0.1, 0.15) is 16.8 Å². The van der Waals surface area contributed by atoms with E-state index in [4.69, 9.17) is 4.74 Å². The highest BCUT2D eigenvalue weighted by Gasteiger charge is 2.39. The number of hydrogen-bond donors (Lipinski definition) is 2. The zero-order valence-corrected chi connectivity index (χ0v) is 16.9. The quantitative estimate of drug-likeness (QED) is 0.633. The Bertz CT molecular complexity index is 934. The second-order valence-electron chi connectivity index (χ2n) is 7.29. The predicted octanol–water partition coefficient (Wildman–Crippen LogP) is 2.19. The number of hydrogen-bond acceptors (Lipinski definition) is 7. The van der Waals surface area contributed by atoms with E-state index in [2.05, 4.69) is 20.5 Å². The van der Waals surface area contributed by atoms with E-state index >= 15 is 0 Å². The van der Waals surface area contributed by atoms with Crippen molar-refractivity contribution in [3.05, 3.63) is 40.6 Å². The molecule has 31 heavy (non-hydrogen) atoms. The Labute approximate surface area is 179 Å². The van der Waals surface area contributed by atoms with Crippen molar-refractivity contribution < 1.29 is 32.2 Å². The van der Waals surface area contributed by atoms with Crippen molar-refractivity contribution in [3.8, 4) is 11.5 Å². The zero-order chi connectivity index (χ0) is 22.0. The van der Waals surface area contributed by atoms with Gasteiger partial charge >= 0.3 is 6.61 Å². The Morgan fingerprint density at radius 3 is 2.68 bits per heavy atom. The van der Waals surface area contributed by atoms with Gasteiger partial charge in [0.15, 0.2) is 11.5 Å². The van der Waals surface area contributed by atoms with Crippen LogP contribution < -0.4 is 20.2 Å². The molecule has 2 amide bonds. The summed E-state index contributed by atoms with van der Waals surface area (Å²) in [5, 5.41) is 4.61. The molecule has 0 bridgehead atoms. The largest absolute Gasteiger partial charge is 0.486 e. The molecular weight excluding hydrogens is 437 g/mol. The summed E-state index contributed by atoms with van der Waals surface area (Å²) in [6.07, 6.45) is 1.86. The Balaban J connectivity index is 1.18. The van der Waals surface area contributed by atoms with Crippen LogP contribution in [0, 0.1) is 11.7 Å². The van der Waals surface area contributed by atoms with Crippen molar-refractivity contribution in [1.29, 1.82) is 0 Å². The average Bonchev–Trinajstić information content (AvgIpc) is 3.18. The summed E-state index contributed by atoms with van der Waals surface area (Å²) >= 11 is 1.24. The Hall–Kier alpha value is -2.86. The third-order valence-electron chi connectivity index (χ3n) is 5.02. The topological polar surface area (TPSA) is 92.8 Å². The van der Waals surface area contributed by atoms with E-state index < -0.39 is 18.5 Å². The van der Waals surface area contributed by atoms with Crippen LogP contribution in [-0.4, -0.2) is 53.7 Å². The molecule has 0 atom stereocenters. The number of carbonyl (C=O) groups is 2. The van der Waals surface area contributed by atoms with E-state index in [9.17, 15) is 22.8 Å². The molecule has 166 valence electrons. The van der Waals surface area contributed by atoms with Crippen LogP contribution >= 0.6 is 11.3 Å². The molecule has 2 N–H and O–H groups in total. The van der Waals surface area contributed by atoms with Crippen LogP contribution in [-0.2, 0) is 4.79 Å². The molecule has 2 aromatic rings. The Morgan fingerprint density at radius 1 is 1.23 bits per heavy atom. The first-order valence-electron chi connectivity index (χ1n) is 9.53.